The summed E-state index contributed by atoms with van der Waals surface area (Å²) in [6.07, 6.45) is -1.09. The lowest BCUT2D eigenvalue weighted by Gasteiger charge is -2.32. The molecule has 1 heterocycles. The van der Waals surface area contributed by atoms with Gasteiger partial charge >= 0.3 is 5.97 Å². The quantitative estimate of drug-likeness (QED) is 0.0359. The number of likely N-dealkylation sites (tertiary alicyclic amines) is 1. The molecule has 14 N–H and O–H groups in total. The fourth-order valence-electron chi connectivity index (χ4n) is 7.55. The van der Waals surface area contributed by atoms with Gasteiger partial charge in [0, 0.05) is 19.4 Å². The minimum Gasteiger partial charge on any atom is -0.481 e. The first-order valence-electron chi connectivity index (χ1n) is 23.3. The molecule has 0 aliphatic carbocycles. The van der Waals surface area contributed by atoms with Gasteiger partial charge in [0.25, 0.3) is 0 Å². The largest absolute Gasteiger partial charge is 0.481 e. The molecule has 2 rings (SSSR count). The average molecular weight is 1020 g/mol. The second-order valence-electron chi connectivity index (χ2n) is 18.1. The summed E-state index contributed by atoms with van der Waals surface area (Å²) in [6, 6.07) is -4.01. The Morgan fingerprint density at radius 3 is 1.77 bits per heavy atom. The lowest BCUT2D eigenvalue weighted by molar-refractivity contribution is -0.144. The molecule has 396 valence electrons. The number of thioether (sulfide) groups is 1. The molecule has 1 saturated heterocycles. The maximum atomic E-state index is 14.4. The molecule has 1 fully saturated rings. The first kappa shape index (κ1) is 60.9. The van der Waals surface area contributed by atoms with Crippen molar-refractivity contribution in [2.24, 2.45) is 23.3 Å². The number of aliphatic hydroxyl groups is 2. The van der Waals surface area contributed by atoms with Crippen LogP contribution in [0.15, 0.2) is 30.3 Å². The first-order valence-corrected chi connectivity index (χ1v) is 24.7. The van der Waals surface area contributed by atoms with E-state index in [1.165, 1.54) is 30.5 Å². The Morgan fingerprint density at radius 2 is 1.24 bits per heavy atom. The van der Waals surface area contributed by atoms with Crippen LogP contribution in [0.4, 0.5) is 0 Å². The highest BCUT2D eigenvalue weighted by Gasteiger charge is 2.41. The van der Waals surface area contributed by atoms with Gasteiger partial charge in [0.1, 0.15) is 42.3 Å². The van der Waals surface area contributed by atoms with Crippen LogP contribution >= 0.6 is 11.8 Å². The number of nitrogens with one attached hydrogen (secondary N) is 7. The Balaban J connectivity index is 2.37. The lowest BCUT2D eigenvalue weighted by atomic mass is 10.00. The Kier molecular flexibility index (Phi) is 25.6. The van der Waals surface area contributed by atoms with E-state index in [2.05, 4.69) is 37.2 Å². The molecule has 1 aliphatic rings. The number of rotatable bonds is 30. The molecule has 10 atom stereocenters. The summed E-state index contributed by atoms with van der Waals surface area (Å²) in [7, 11) is 0. The van der Waals surface area contributed by atoms with Crippen molar-refractivity contribution in [2.45, 2.75) is 147 Å². The molecule has 71 heavy (non-hydrogen) atoms. The van der Waals surface area contributed by atoms with Gasteiger partial charge in [0.15, 0.2) is 5.78 Å². The highest BCUT2D eigenvalue weighted by atomic mass is 32.2. The number of amides is 9. The first-order chi connectivity index (χ1) is 33.3. The van der Waals surface area contributed by atoms with Crippen molar-refractivity contribution in [3.63, 3.8) is 0 Å². The predicted octanol–water partition coefficient (Wildman–Crippen LogP) is -3.29. The second kappa shape index (κ2) is 29.9. The number of benzene rings is 1. The van der Waals surface area contributed by atoms with Gasteiger partial charge in [0.05, 0.1) is 31.2 Å². The van der Waals surface area contributed by atoms with Crippen LogP contribution in [-0.2, 0) is 59.2 Å². The fourth-order valence-corrected chi connectivity index (χ4v) is 8.04. The molecule has 1 aromatic rings. The summed E-state index contributed by atoms with van der Waals surface area (Å²) in [5, 5.41) is 47.1. The highest BCUT2D eigenvalue weighted by Crippen LogP contribution is 2.21. The summed E-state index contributed by atoms with van der Waals surface area (Å²) in [6.45, 7) is 8.26. The van der Waals surface area contributed by atoms with Crippen molar-refractivity contribution in [1.82, 2.24) is 42.1 Å². The summed E-state index contributed by atoms with van der Waals surface area (Å²) in [5.41, 5.74) is 11.9. The maximum Gasteiger partial charge on any atom is 0.305 e. The highest BCUT2D eigenvalue weighted by molar-refractivity contribution is 7.98. The number of nitrogens with two attached hydrogens (primary N) is 2. The summed E-state index contributed by atoms with van der Waals surface area (Å²) >= 11 is 1.42. The zero-order valence-corrected chi connectivity index (χ0v) is 42.0. The molecule has 0 aromatic heterocycles. The average Bonchev–Trinajstić information content (AvgIpc) is 3.80. The molecule has 25 heteroatoms. The molecule has 1 aromatic carbocycles. The van der Waals surface area contributed by atoms with E-state index in [0.29, 0.717) is 17.7 Å². The van der Waals surface area contributed by atoms with Crippen molar-refractivity contribution in [3.05, 3.63) is 35.9 Å². The standard InChI is InChI=1S/C46H72N10O14S/c1-23(2)36(25(5)58)53-43(67)32(22-57)52-41(65)30(20-27-12-9-8-10-13-27)50-44(68)33-14-11-18-56(33)46(70)37(24(3)4)54-40(64)29(15-16-34(48)60)49-42(66)31(21-35(61)62)51-45(69)38(26(6)59)55-39(63)28(47)17-19-71-7/h8-10,12-13,23-24,26,28-33,36-38,57,59H,11,14-22,47H2,1-7H3,(H2,48,60)(H,49,66)(H,50,68)(H,51,69)(H,52,65)(H,53,67)(H,54,64)(H,55,63)(H,61,62). The predicted molar refractivity (Wildman–Crippen MR) is 259 cm³/mol. The number of hydrogen-bond acceptors (Lipinski definition) is 15. The molecular formula is C46H72N10O14S. The summed E-state index contributed by atoms with van der Waals surface area (Å²) in [4.78, 5) is 146. The third-order valence-corrected chi connectivity index (χ3v) is 12.2. The zero-order chi connectivity index (χ0) is 53.7. The van der Waals surface area contributed by atoms with Crippen LogP contribution in [0.5, 0.6) is 0 Å². The van der Waals surface area contributed by atoms with Gasteiger partial charge in [-0.2, -0.15) is 11.8 Å². The van der Waals surface area contributed by atoms with E-state index in [1.807, 2.05) is 0 Å². The van der Waals surface area contributed by atoms with Crippen LogP contribution in [0.1, 0.15) is 85.6 Å². The van der Waals surface area contributed by atoms with E-state index in [-0.39, 0.29) is 37.5 Å². The topological polar surface area (TPSA) is 388 Å². The molecule has 9 amide bonds. The lowest BCUT2D eigenvalue weighted by Crippen LogP contribution is -2.62. The summed E-state index contributed by atoms with van der Waals surface area (Å²) in [5.74, 6) is -10.6. The molecule has 0 bridgehead atoms. The second-order valence-corrected chi connectivity index (χ2v) is 19.1. The van der Waals surface area contributed by atoms with Crippen LogP contribution in [0.2, 0.25) is 0 Å². The molecular weight excluding hydrogens is 949 g/mol. The van der Waals surface area contributed by atoms with Gasteiger partial charge in [-0.25, -0.2) is 0 Å². The Labute approximate surface area is 417 Å². The number of carbonyl (C=O) groups excluding carboxylic acids is 10. The number of ketones is 1. The van der Waals surface area contributed by atoms with Crippen LogP contribution in [0.25, 0.3) is 0 Å². The number of nitrogens with zero attached hydrogens (tertiary/aromatic N) is 1. The minimum absolute atomic E-state index is 0.0432. The number of carboxylic acid groups (broad SMARTS) is 1. The van der Waals surface area contributed by atoms with Crippen molar-refractivity contribution in [1.29, 1.82) is 0 Å². The molecule has 24 nitrogen and oxygen atoms in total. The van der Waals surface area contributed by atoms with E-state index in [1.54, 1.807) is 64.3 Å². The number of aliphatic hydroxyl groups excluding tert-OH is 2. The van der Waals surface area contributed by atoms with Crippen molar-refractivity contribution in [2.75, 3.05) is 25.2 Å². The molecule has 0 spiro atoms. The monoisotopic (exact) mass is 1020 g/mol. The molecule has 10 unspecified atom stereocenters. The normalized spacial score (nSPS) is 17.2. The number of hydrogen-bond donors (Lipinski definition) is 12. The molecule has 0 saturated carbocycles. The molecule has 0 radical (unpaired) electrons. The third kappa shape index (κ3) is 19.9. The van der Waals surface area contributed by atoms with Crippen molar-refractivity contribution < 1.29 is 68.1 Å². The smallest absolute Gasteiger partial charge is 0.305 e. The van der Waals surface area contributed by atoms with E-state index >= 15 is 0 Å². The number of primary amides is 1. The van der Waals surface area contributed by atoms with E-state index in [0.717, 1.165) is 0 Å². The van der Waals surface area contributed by atoms with Crippen LogP contribution in [-0.4, -0.2) is 171 Å². The number of carbonyl (C=O) groups is 11. The van der Waals surface area contributed by atoms with Crippen LogP contribution < -0.4 is 48.7 Å². The Morgan fingerprint density at radius 1 is 0.704 bits per heavy atom. The van der Waals surface area contributed by atoms with Gasteiger partial charge in [-0.05, 0) is 68.9 Å². The number of carboxylic acids is 1. The number of Topliss-reactive ketones (excluding diaryl/α,β-unsaturated/α-hetero) is 1. The van der Waals surface area contributed by atoms with Gasteiger partial charge in [-0.15, -0.1) is 0 Å². The fraction of sp³-hybridized carbons (Fsp3) is 0.630. The van der Waals surface area contributed by atoms with Gasteiger partial charge in [0.2, 0.25) is 53.2 Å². The van der Waals surface area contributed by atoms with Gasteiger partial charge in [-0.1, -0.05) is 58.0 Å². The van der Waals surface area contributed by atoms with Crippen LogP contribution in [0.3, 0.4) is 0 Å². The zero-order valence-electron chi connectivity index (χ0n) is 41.2. The van der Waals surface area contributed by atoms with Gasteiger partial charge in [-0.3, -0.25) is 52.7 Å². The number of aliphatic carboxylic acids is 1. The van der Waals surface area contributed by atoms with Crippen molar-refractivity contribution in [3.8, 4) is 0 Å². The van der Waals surface area contributed by atoms with E-state index < -0.39 is 151 Å². The Bertz CT molecular complexity index is 2040. The van der Waals surface area contributed by atoms with E-state index in [4.69, 9.17) is 11.5 Å². The van der Waals surface area contributed by atoms with E-state index in [9.17, 15) is 68.1 Å². The molecule has 1 aliphatic heterocycles. The Hall–Kier alpha value is -6.18. The minimum atomic E-state index is -1.90. The van der Waals surface area contributed by atoms with Crippen LogP contribution in [0, 0.1) is 11.8 Å². The maximum absolute atomic E-state index is 14.4. The SMILES string of the molecule is CSCCC(N)C(=O)NC(C(=O)NC(CC(=O)O)C(=O)NC(CCC(N)=O)C(=O)NC(C(=O)N1CCCC1C(=O)NC(Cc1ccccc1)C(=O)NC(CO)C(=O)NC(C(C)=O)C(C)C)C(C)C)C(C)O. The third-order valence-electron chi connectivity index (χ3n) is 11.6. The summed E-state index contributed by atoms with van der Waals surface area (Å²) < 4.78 is 0. The van der Waals surface area contributed by atoms with Gasteiger partial charge < -0.3 is 68.9 Å². The van der Waals surface area contributed by atoms with Crippen molar-refractivity contribution >= 4 is 76.7 Å².